The monoisotopic (exact) mass is 295 g/mol. The Bertz CT molecular complexity index is 447. The molecule has 0 saturated heterocycles. The van der Waals surface area contributed by atoms with Crippen molar-refractivity contribution in [3.63, 3.8) is 0 Å². The standard InChI is InChI=1S/C9H11BrFNO2S/c1-2-15(13,14)12-6-7-5-8(11)3-4-9(7)10/h3-5,12H,2,6H2,1H3. The van der Waals surface area contributed by atoms with Gasteiger partial charge in [-0.2, -0.15) is 0 Å². The van der Waals surface area contributed by atoms with E-state index < -0.39 is 10.0 Å². The Kier molecular flexibility index (Phi) is 4.24. The highest BCUT2D eigenvalue weighted by Crippen LogP contribution is 2.17. The Balaban J connectivity index is 2.78. The molecular weight excluding hydrogens is 285 g/mol. The first-order valence-electron chi connectivity index (χ1n) is 4.36. The van der Waals surface area contributed by atoms with Gasteiger partial charge < -0.3 is 0 Å². The van der Waals surface area contributed by atoms with Crippen molar-refractivity contribution < 1.29 is 12.8 Å². The number of hydrogen-bond acceptors (Lipinski definition) is 2. The van der Waals surface area contributed by atoms with Gasteiger partial charge in [0.25, 0.3) is 0 Å². The van der Waals surface area contributed by atoms with E-state index in [1.807, 2.05) is 0 Å². The minimum Gasteiger partial charge on any atom is -0.212 e. The fourth-order valence-electron chi connectivity index (χ4n) is 0.969. The minimum absolute atomic E-state index is 0.0138. The molecule has 0 heterocycles. The van der Waals surface area contributed by atoms with E-state index in [0.29, 0.717) is 10.0 Å². The molecule has 3 nitrogen and oxygen atoms in total. The highest BCUT2D eigenvalue weighted by Gasteiger charge is 2.08. The predicted octanol–water partition coefficient (Wildman–Crippen LogP) is 2.03. The molecule has 0 bridgehead atoms. The second-order valence-corrected chi connectivity index (χ2v) is 5.91. The van der Waals surface area contributed by atoms with Crippen LogP contribution in [0.2, 0.25) is 0 Å². The summed E-state index contributed by atoms with van der Waals surface area (Å²) in [6.45, 7) is 1.64. The lowest BCUT2D eigenvalue weighted by molar-refractivity contribution is 0.581. The van der Waals surface area contributed by atoms with Crippen molar-refractivity contribution in [1.29, 1.82) is 0 Å². The first-order valence-corrected chi connectivity index (χ1v) is 6.80. The zero-order chi connectivity index (χ0) is 11.5. The molecule has 0 atom stereocenters. The van der Waals surface area contributed by atoms with Gasteiger partial charge in [0.1, 0.15) is 5.82 Å². The summed E-state index contributed by atoms with van der Waals surface area (Å²) in [5.41, 5.74) is 0.576. The van der Waals surface area contributed by atoms with Crippen molar-refractivity contribution in [3.05, 3.63) is 34.1 Å². The zero-order valence-corrected chi connectivity index (χ0v) is 10.5. The van der Waals surface area contributed by atoms with Gasteiger partial charge in [-0.25, -0.2) is 17.5 Å². The molecule has 15 heavy (non-hydrogen) atoms. The highest BCUT2D eigenvalue weighted by atomic mass is 79.9. The van der Waals surface area contributed by atoms with Crippen LogP contribution in [0.5, 0.6) is 0 Å². The molecule has 0 radical (unpaired) electrons. The first-order chi connectivity index (χ1) is 6.94. The van der Waals surface area contributed by atoms with E-state index >= 15 is 0 Å². The van der Waals surface area contributed by atoms with Crippen LogP contribution in [-0.4, -0.2) is 14.2 Å². The Labute approximate surface area is 96.9 Å². The van der Waals surface area contributed by atoms with Gasteiger partial charge in [-0.1, -0.05) is 15.9 Å². The van der Waals surface area contributed by atoms with Crippen LogP contribution < -0.4 is 4.72 Å². The Morgan fingerprint density at radius 2 is 2.13 bits per heavy atom. The average Bonchev–Trinajstić information content (AvgIpc) is 2.20. The lowest BCUT2D eigenvalue weighted by Crippen LogP contribution is -2.24. The lowest BCUT2D eigenvalue weighted by Gasteiger charge is -2.06. The smallest absolute Gasteiger partial charge is 0.211 e. The number of sulfonamides is 1. The quantitative estimate of drug-likeness (QED) is 0.924. The highest BCUT2D eigenvalue weighted by molar-refractivity contribution is 9.10. The lowest BCUT2D eigenvalue weighted by atomic mass is 10.2. The molecule has 1 N–H and O–H groups in total. The molecule has 0 saturated carbocycles. The number of benzene rings is 1. The second kappa shape index (κ2) is 5.05. The summed E-state index contributed by atoms with van der Waals surface area (Å²) in [4.78, 5) is 0. The SMILES string of the molecule is CCS(=O)(=O)NCc1cc(F)ccc1Br. The van der Waals surface area contributed by atoms with Gasteiger partial charge in [0, 0.05) is 11.0 Å². The van der Waals surface area contributed by atoms with Gasteiger partial charge in [-0.05, 0) is 30.7 Å². The third-order valence-corrected chi connectivity index (χ3v) is 3.99. The van der Waals surface area contributed by atoms with Gasteiger partial charge in [0.15, 0.2) is 0 Å². The van der Waals surface area contributed by atoms with E-state index in [4.69, 9.17) is 0 Å². The molecule has 1 aromatic carbocycles. The van der Waals surface area contributed by atoms with Gasteiger partial charge in [0.2, 0.25) is 10.0 Å². The van der Waals surface area contributed by atoms with Crippen molar-refractivity contribution in [2.75, 3.05) is 5.75 Å². The maximum Gasteiger partial charge on any atom is 0.211 e. The molecule has 0 fully saturated rings. The van der Waals surface area contributed by atoms with Crippen LogP contribution in [0.4, 0.5) is 4.39 Å². The predicted molar refractivity (Wildman–Crippen MR) is 60.4 cm³/mol. The van der Waals surface area contributed by atoms with E-state index in [1.165, 1.54) is 12.1 Å². The van der Waals surface area contributed by atoms with Gasteiger partial charge in [-0.3, -0.25) is 0 Å². The minimum atomic E-state index is -3.24. The summed E-state index contributed by atoms with van der Waals surface area (Å²) < 4.78 is 38.2. The summed E-state index contributed by atoms with van der Waals surface area (Å²) in [7, 11) is -3.24. The summed E-state index contributed by atoms with van der Waals surface area (Å²) in [5, 5.41) is 0. The number of nitrogens with one attached hydrogen (secondary N) is 1. The van der Waals surface area contributed by atoms with Crippen molar-refractivity contribution in [1.82, 2.24) is 4.72 Å². The van der Waals surface area contributed by atoms with Crippen LogP contribution in [0, 0.1) is 5.82 Å². The largest absolute Gasteiger partial charge is 0.212 e. The normalized spacial score (nSPS) is 11.7. The van der Waals surface area contributed by atoms with E-state index in [9.17, 15) is 12.8 Å². The van der Waals surface area contributed by atoms with E-state index in [0.717, 1.165) is 0 Å². The van der Waals surface area contributed by atoms with Crippen LogP contribution in [0.3, 0.4) is 0 Å². The van der Waals surface area contributed by atoms with Crippen LogP contribution >= 0.6 is 15.9 Å². The summed E-state index contributed by atoms with van der Waals surface area (Å²) in [6, 6.07) is 4.15. The van der Waals surface area contributed by atoms with E-state index in [-0.39, 0.29) is 18.1 Å². The molecule has 0 aliphatic carbocycles. The fraction of sp³-hybridized carbons (Fsp3) is 0.333. The molecule has 0 aliphatic rings. The second-order valence-electron chi connectivity index (χ2n) is 2.96. The molecule has 84 valence electrons. The third-order valence-electron chi connectivity index (χ3n) is 1.87. The average molecular weight is 296 g/mol. The van der Waals surface area contributed by atoms with E-state index in [1.54, 1.807) is 13.0 Å². The Morgan fingerprint density at radius 3 is 2.73 bits per heavy atom. The molecule has 0 unspecified atom stereocenters. The summed E-state index contributed by atoms with van der Waals surface area (Å²) in [5.74, 6) is -0.371. The molecule has 0 spiro atoms. The maximum atomic E-state index is 12.9. The molecule has 1 rings (SSSR count). The van der Waals surface area contributed by atoms with Crippen LogP contribution in [0.25, 0.3) is 0 Å². The zero-order valence-electron chi connectivity index (χ0n) is 8.13. The summed E-state index contributed by atoms with van der Waals surface area (Å²) in [6.07, 6.45) is 0. The number of halogens is 2. The molecule has 6 heteroatoms. The van der Waals surface area contributed by atoms with Crippen LogP contribution in [0.15, 0.2) is 22.7 Å². The maximum absolute atomic E-state index is 12.9. The van der Waals surface area contributed by atoms with Crippen LogP contribution in [-0.2, 0) is 16.6 Å². The van der Waals surface area contributed by atoms with Gasteiger partial charge in [0.05, 0.1) is 5.75 Å². The Morgan fingerprint density at radius 1 is 1.47 bits per heavy atom. The molecule has 0 amide bonds. The van der Waals surface area contributed by atoms with Gasteiger partial charge >= 0.3 is 0 Å². The van der Waals surface area contributed by atoms with Crippen molar-refractivity contribution in [2.24, 2.45) is 0 Å². The number of rotatable bonds is 4. The molecule has 1 aromatic rings. The molecular formula is C9H11BrFNO2S. The fourth-order valence-corrected chi connectivity index (χ4v) is 1.93. The van der Waals surface area contributed by atoms with Crippen molar-refractivity contribution >= 4 is 26.0 Å². The summed E-state index contributed by atoms with van der Waals surface area (Å²) >= 11 is 3.22. The first kappa shape index (κ1) is 12.6. The number of hydrogen-bond donors (Lipinski definition) is 1. The van der Waals surface area contributed by atoms with Crippen molar-refractivity contribution in [2.45, 2.75) is 13.5 Å². The van der Waals surface area contributed by atoms with Crippen molar-refractivity contribution in [3.8, 4) is 0 Å². The Hall–Kier alpha value is -0.460. The molecule has 0 aromatic heterocycles. The van der Waals surface area contributed by atoms with E-state index in [2.05, 4.69) is 20.7 Å². The third kappa shape index (κ3) is 3.89. The molecule has 0 aliphatic heterocycles. The van der Waals surface area contributed by atoms with Gasteiger partial charge in [-0.15, -0.1) is 0 Å². The van der Waals surface area contributed by atoms with Crippen LogP contribution in [0.1, 0.15) is 12.5 Å². The topological polar surface area (TPSA) is 46.2 Å².